The molecule has 0 spiro atoms. The molecule has 29 heavy (non-hydrogen) atoms. The first kappa shape index (κ1) is 21.2. The fraction of sp³-hybridized carbons (Fsp3) is 0.350. The molecule has 6 nitrogen and oxygen atoms in total. The molecule has 1 fully saturated rings. The summed E-state index contributed by atoms with van der Waals surface area (Å²) >= 11 is 0. The molecule has 1 aliphatic rings. The molecule has 2 aromatic carbocycles. The molecule has 9 heteroatoms. The van der Waals surface area contributed by atoms with Gasteiger partial charge >= 0.3 is 0 Å². The van der Waals surface area contributed by atoms with E-state index in [0.717, 1.165) is 50.4 Å². The van der Waals surface area contributed by atoms with Crippen molar-refractivity contribution in [2.45, 2.75) is 23.1 Å². The van der Waals surface area contributed by atoms with Crippen LogP contribution in [0.15, 0.2) is 46.2 Å². The zero-order valence-electron chi connectivity index (χ0n) is 16.3. The minimum atomic E-state index is -4.17. The van der Waals surface area contributed by atoms with Crippen molar-refractivity contribution in [3.63, 3.8) is 0 Å². The Morgan fingerprint density at radius 2 is 1.83 bits per heavy atom. The van der Waals surface area contributed by atoms with Gasteiger partial charge in [-0.05, 0) is 49.4 Å². The van der Waals surface area contributed by atoms with Crippen LogP contribution in [0.3, 0.4) is 0 Å². The maximum Gasteiger partial charge on any atom is 0.223 e. The molecule has 156 valence electrons. The highest BCUT2D eigenvalue weighted by Crippen LogP contribution is 2.34. The van der Waals surface area contributed by atoms with Crippen LogP contribution >= 0.6 is 0 Å². The van der Waals surface area contributed by atoms with Crippen molar-refractivity contribution in [3.8, 4) is 0 Å². The first-order valence-corrected chi connectivity index (χ1v) is 10.7. The Kier molecular flexibility index (Phi) is 6.18. The summed E-state index contributed by atoms with van der Waals surface area (Å²) in [6, 6.07) is 7.18. The Bertz CT molecular complexity index is 1020. The number of rotatable bonds is 4. The van der Waals surface area contributed by atoms with Crippen LogP contribution in [0, 0.1) is 11.6 Å². The Morgan fingerprint density at radius 1 is 1.07 bits per heavy atom. The van der Waals surface area contributed by atoms with E-state index < -0.39 is 21.5 Å². The highest BCUT2D eigenvalue weighted by molar-refractivity contribution is 7.91. The van der Waals surface area contributed by atoms with Gasteiger partial charge < -0.3 is 15.1 Å². The molecular formula is C20H23F2N3O3S. The van der Waals surface area contributed by atoms with Crippen molar-refractivity contribution in [2.75, 3.05) is 43.0 Å². The predicted octanol–water partition coefficient (Wildman–Crippen LogP) is 2.58. The standard InChI is InChI=1S/C20H23F2N3O3S/c1-14(26)24(2)19-12-15(25-10-3-8-23-9-11-25)4-7-20(19)29(27,28)16-5-6-17(21)18(22)13-16/h4-7,12-13,23H,3,8-11H2,1-2H3. The largest absolute Gasteiger partial charge is 0.370 e. The lowest BCUT2D eigenvalue weighted by molar-refractivity contribution is -0.116. The van der Waals surface area contributed by atoms with Crippen LogP contribution in [0.5, 0.6) is 0 Å². The number of sulfone groups is 1. The maximum atomic E-state index is 13.6. The van der Waals surface area contributed by atoms with Crippen molar-refractivity contribution in [3.05, 3.63) is 48.0 Å². The summed E-state index contributed by atoms with van der Waals surface area (Å²) in [5.41, 5.74) is 0.984. The molecule has 0 saturated carbocycles. The van der Waals surface area contributed by atoms with Gasteiger partial charge in [-0.2, -0.15) is 0 Å². The molecule has 2 aromatic rings. The van der Waals surface area contributed by atoms with Gasteiger partial charge in [-0.15, -0.1) is 0 Å². The van der Waals surface area contributed by atoms with Crippen molar-refractivity contribution in [2.24, 2.45) is 0 Å². The average Bonchev–Trinajstić information content (AvgIpc) is 2.98. The van der Waals surface area contributed by atoms with Crippen LogP contribution in [0.25, 0.3) is 0 Å². The number of hydrogen-bond donors (Lipinski definition) is 1. The van der Waals surface area contributed by atoms with E-state index in [1.807, 2.05) is 0 Å². The third-order valence-electron chi connectivity index (χ3n) is 4.97. The molecule has 1 saturated heterocycles. The molecule has 0 bridgehead atoms. The summed E-state index contributed by atoms with van der Waals surface area (Å²) in [6.45, 7) is 4.58. The van der Waals surface area contributed by atoms with Gasteiger partial charge in [0.15, 0.2) is 11.6 Å². The number of halogens is 2. The number of nitrogens with one attached hydrogen (secondary N) is 1. The third-order valence-corrected chi connectivity index (χ3v) is 6.77. The van der Waals surface area contributed by atoms with Gasteiger partial charge in [0.05, 0.1) is 15.5 Å². The zero-order chi connectivity index (χ0) is 21.2. The van der Waals surface area contributed by atoms with E-state index in [1.165, 1.54) is 24.9 Å². The van der Waals surface area contributed by atoms with Gasteiger partial charge in [0.2, 0.25) is 15.7 Å². The van der Waals surface area contributed by atoms with Crippen molar-refractivity contribution in [1.29, 1.82) is 0 Å². The summed E-state index contributed by atoms with van der Waals surface area (Å²) in [6.07, 6.45) is 0.937. The van der Waals surface area contributed by atoms with Crippen molar-refractivity contribution >= 4 is 27.1 Å². The molecule has 0 atom stereocenters. The fourth-order valence-corrected chi connectivity index (χ4v) is 4.71. The average molecular weight is 423 g/mol. The third kappa shape index (κ3) is 4.40. The normalized spacial score (nSPS) is 15.1. The van der Waals surface area contributed by atoms with Gasteiger partial charge in [-0.3, -0.25) is 4.79 Å². The van der Waals surface area contributed by atoms with E-state index in [0.29, 0.717) is 6.07 Å². The number of benzene rings is 2. The zero-order valence-corrected chi connectivity index (χ0v) is 17.1. The number of hydrogen-bond acceptors (Lipinski definition) is 5. The Balaban J connectivity index is 2.11. The first-order valence-electron chi connectivity index (χ1n) is 9.26. The molecular weight excluding hydrogens is 400 g/mol. The number of amides is 1. The van der Waals surface area contributed by atoms with E-state index in [1.54, 1.807) is 12.1 Å². The molecule has 1 aliphatic heterocycles. The molecule has 1 heterocycles. The highest BCUT2D eigenvalue weighted by Gasteiger charge is 2.26. The van der Waals surface area contributed by atoms with Crippen LogP contribution in [0.2, 0.25) is 0 Å². The van der Waals surface area contributed by atoms with Gasteiger partial charge in [-0.25, -0.2) is 17.2 Å². The number of carbonyl (C=O) groups is 1. The molecule has 0 unspecified atom stereocenters. The van der Waals surface area contributed by atoms with Gasteiger partial charge in [0.1, 0.15) is 0 Å². The van der Waals surface area contributed by atoms with Crippen LogP contribution in [-0.2, 0) is 14.6 Å². The molecule has 1 amide bonds. The molecule has 0 aliphatic carbocycles. The van der Waals surface area contributed by atoms with Crippen LogP contribution < -0.4 is 15.1 Å². The fourth-order valence-electron chi connectivity index (χ4n) is 3.24. The summed E-state index contributed by atoms with van der Waals surface area (Å²) in [5, 5.41) is 3.30. The van der Waals surface area contributed by atoms with Crippen molar-refractivity contribution < 1.29 is 22.0 Å². The Labute approximate surface area is 169 Å². The number of carbonyl (C=O) groups excluding carboxylic acids is 1. The minimum Gasteiger partial charge on any atom is -0.370 e. The van der Waals surface area contributed by atoms with Crippen LogP contribution in [-0.4, -0.2) is 47.6 Å². The topological polar surface area (TPSA) is 69.7 Å². The van der Waals surface area contributed by atoms with Gasteiger partial charge in [0.25, 0.3) is 0 Å². The van der Waals surface area contributed by atoms with Crippen molar-refractivity contribution in [1.82, 2.24) is 5.32 Å². The van der Waals surface area contributed by atoms with Gasteiger partial charge in [-0.1, -0.05) is 0 Å². The Morgan fingerprint density at radius 3 is 2.52 bits per heavy atom. The minimum absolute atomic E-state index is 0.141. The Hall–Kier alpha value is -2.52. The highest BCUT2D eigenvalue weighted by atomic mass is 32.2. The summed E-state index contributed by atoms with van der Waals surface area (Å²) in [4.78, 5) is 14.8. The second kappa shape index (κ2) is 8.46. The lowest BCUT2D eigenvalue weighted by atomic mass is 10.2. The smallest absolute Gasteiger partial charge is 0.223 e. The maximum absolute atomic E-state index is 13.6. The van der Waals surface area contributed by atoms with Crippen LogP contribution in [0.4, 0.5) is 20.2 Å². The number of nitrogens with zero attached hydrogens (tertiary/aromatic N) is 2. The van der Waals surface area contributed by atoms with Crippen LogP contribution in [0.1, 0.15) is 13.3 Å². The monoisotopic (exact) mass is 423 g/mol. The molecule has 3 rings (SSSR count). The first-order chi connectivity index (χ1) is 13.7. The van der Waals surface area contributed by atoms with E-state index in [4.69, 9.17) is 0 Å². The number of anilines is 2. The molecule has 0 radical (unpaired) electrons. The lowest BCUT2D eigenvalue weighted by Gasteiger charge is -2.26. The quantitative estimate of drug-likeness (QED) is 0.766. The molecule has 0 aromatic heterocycles. The van der Waals surface area contributed by atoms with E-state index in [-0.39, 0.29) is 21.4 Å². The van der Waals surface area contributed by atoms with Gasteiger partial charge in [0, 0.05) is 39.3 Å². The van der Waals surface area contributed by atoms with E-state index in [2.05, 4.69) is 10.2 Å². The summed E-state index contributed by atoms with van der Waals surface area (Å²) in [7, 11) is -2.69. The second-order valence-electron chi connectivity index (χ2n) is 6.90. The van der Waals surface area contributed by atoms with E-state index in [9.17, 15) is 22.0 Å². The second-order valence-corrected chi connectivity index (χ2v) is 8.82. The predicted molar refractivity (Wildman–Crippen MR) is 107 cm³/mol. The lowest BCUT2D eigenvalue weighted by Crippen LogP contribution is -2.29. The summed E-state index contributed by atoms with van der Waals surface area (Å²) < 4.78 is 53.2. The molecule has 1 N–H and O–H groups in total. The van der Waals surface area contributed by atoms with E-state index >= 15 is 0 Å². The summed E-state index contributed by atoms with van der Waals surface area (Å²) in [5.74, 6) is -2.72. The SMILES string of the molecule is CC(=O)N(C)c1cc(N2CCCNCC2)ccc1S(=O)(=O)c1ccc(F)c(F)c1.